The minimum absolute atomic E-state index is 0.162. The van der Waals surface area contributed by atoms with Gasteiger partial charge in [0.1, 0.15) is 0 Å². The van der Waals surface area contributed by atoms with Crippen molar-refractivity contribution in [3.63, 3.8) is 0 Å². The van der Waals surface area contributed by atoms with Crippen LogP contribution in [0.1, 0.15) is 11.1 Å². The van der Waals surface area contributed by atoms with Crippen LogP contribution in [0.4, 0.5) is 11.4 Å². The fourth-order valence-corrected chi connectivity index (χ4v) is 1.42. The molecule has 0 bridgehead atoms. The van der Waals surface area contributed by atoms with Crippen LogP contribution in [0.2, 0.25) is 0 Å². The van der Waals surface area contributed by atoms with Crippen molar-refractivity contribution in [3.8, 4) is 0 Å². The Bertz CT molecular complexity index is 348. The molecule has 1 rings (SSSR count). The molecule has 0 amide bonds. The molecule has 1 aromatic carbocycles. The third-order valence-electron chi connectivity index (χ3n) is 2.09. The highest BCUT2D eigenvalue weighted by molar-refractivity contribution is 5.63. The number of nitro groups is 1. The molecule has 0 spiro atoms. The van der Waals surface area contributed by atoms with Crippen LogP contribution in [0.25, 0.3) is 0 Å². The van der Waals surface area contributed by atoms with E-state index < -0.39 is 0 Å². The van der Waals surface area contributed by atoms with Crippen LogP contribution in [0.5, 0.6) is 0 Å². The van der Waals surface area contributed by atoms with Crippen LogP contribution in [-0.2, 0) is 0 Å². The standard InChI is InChI=1S/C9H12N2O2/c1-6-4-5-8(11(12)13)7(2)9(6)10-3/h4-5,10H,1-3H3. The molecule has 0 aliphatic heterocycles. The second-order valence-electron chi connectivity index (χ2n) is 2.91. The van der Waals surface area contributed by atoms with Gasteiger partial charge in [0.15, 0.2) is 0 Å². The molecule has 13 heavy (non-hydrogen) atoms. The van der Waals surface area contributed by atoms with Gasteiger partial charge >= 0.3 is 0 Å². The monoisotopic (exact) mass is 180 g/mol. The zero-order valence-corrected chi connectivity index (χ0v) is 7.92. The fraction of sp³-hybridized carbons (Fsp3) is 0.333. The Balaban J connectivity index is 3.35. The molecule has 1 N–H and O–H groups in total. The van der Waals surface area contributed by atoms with Gasteiger partial charge in [-0.05, 0) is 19.4 Å². The van der Waals surface area contributed by atoms with Crippen molar-refractivity contribution in [2.24, 2.45) is 0 Å². The lowest BCUT2D eigenvalue weighted by atomic mass is 10.1. The summed E-state index contributed by atoms with van der Waals surface area (Å²) in [4.78, 5) is 10.2. The van der Waals surface area contributed by atoms with Crippen molar-refractivity contribution in [2.75, 3.05) is 12.4 Å². The molecular formula is C9H12N2O2. The van der Waals surface area contributed by atoms with E-state index >= 15 is 0 Å². The first-order valence-electron chi connectivity index (χ1n) is 4.00. The number of nitrogens with zero attached hydrogens (tertiary/aromatic N) is 1. The molecule has 0 saturated heterocycles. The van der Waals surface area contributed by atoms with E-state index in [0.717, 1.165) is 11.3 Å². The number of hydrogen-bond acceptors (Lipinski definition) is 3. The normalized spacial score (nSPS) is 9.77. The topological polar surface area (TPSA) is 55.2 Å². The molecule has 0 heterocycles. The Labute approximate surface area is 76.7 Å². The minimum atomic E-state index is -0.365. The molecule has 0 aromatic heterocycles. The van der Waals surface area contributed by atoms with E-state index in [0.29, 0.717) is 5.56 Å². The van der Waals surface area contributed by atoms with Gasteiger partial charge in [-0.3, -0.25) is 10.1 Å². The molecule has 0 aliphatic carbocycles. The quantitative estimate of drug-likeness (QED) is 0.561. The number of nitrogens with one attached hydrogen (secondary N) is 1. The lowest BCUT2D eigenvalue weighted by Crippen LogP contribution is -1.99. The van der Waals surface area contributed by atoms with Crippen LogP contribution in [0.15, 0.2) is 12.1 Å². The molecule has 4 nitrogen and oxygen atoms in total. The van der Waals surface area contributed by atoms with Gasteiger partial charge in [-0.15, -0.1) is 0 Å². The zero-order chi connectivity index (χ0) is 10.0. The van der Waals surface area contributed by atoms with Crippen molar-refractivity contribution < 1.29 is 4.92 Å². The van der Waals surface area contributed by atoms with Crippen LogP contribution in [-0.4, -0.2) is 12.0 Å². The molecule has 0 saturated carbocycles. The smallest absolute Gasteiger partial charge is 0.274 e. The Morgan fingerprint density at radius 2 is 2.00 bits per heavy atom. The molecule has 0 fully saturated rings. The maximum Gasteiger partial charge on any atom is 0.274 e. The zero-order valence-electron chi connectivity index (χ0n) is 7.92. The minimum Gasteiger partial charge on any atom is -0.387 e. The second-order valence-corrected chi connectivity index (χ2v) is 2.91. The number of anilines is 1. The summed E-state index contributed by atoms with van der Waals surface area (Å²) < 4.78 is 0. The van der Waals surface area contributed by atoms with E-state index in [-0.39, 0.29) is 10.6 Å². The summed E-state index contributed by atoms with van der Waals surface area (Å²) in [5.41, 5.74) is 2.71. The number of hydrogen-bond donors (Lipinski definition) is 1. The average molecular weight is 180 g/mol. The Morgan fingerprint density at radius 3 is 2.46 bits per heavy atom. The van der Waals surface area contributed by atoms with Crippen LogP contribution < -0.4 is 5.32 Å². The van der Waals surface area contributed by atoms with Gasteiger partial charge in [-0.1, -0.05) is 6.07 Å². The van der Waals surface area contributed by atoms with Crippen molar-refractivity contribution in [2.45, 2.75) is 13.8 Å². The number of rotatable bonds is 2. The Kier molecular flexibility index (Phi) is 2.51. The van der Waals surface area contributed by atoms with Gasteiger partial charge in [-0.2, -0.15) is 0 Å². The highest BCUT2D eigenvalue weighted by Crippen LogP contribution is 2.27. The number of benzene rings is 1. The van der Waals surface area contributed by atoms with Crippen LogP contribution >= 0.6 is 0 Å². The van der Waals surface area contributed by atoms with Crippen molar-refractivity contribution >= 4 is 11.4 Å². The molecule has 4 heteroatoms. The average Bonchev–Trinajstić information content (AvgIpc) is 2.04. The summed E-state index contributed by atoms with van der Waals surface area (Å²) in [6.45, 7) is 3.67. The van der Waals surface area contributed by atoms with Crippen molar-refractivity contribution in [1.29, 1.82) is 0 Å². The summed E-state index contributed by atoms with van der Waals surface area (Å²) in [5.74, 6) is 0. The summed E-state index contributed by atoms with van der Waals surface area (Å²) in [7, 11) is 1.76. The first kappa shape index (κ1) is 9.51. The molecule has 0 atom stereocenters. The van der Waals surface area contributed by atoms with E-state index in [4.69, 9.17) is 0 Å². The van der Waals surface area contributed by atoms with E-state index in [9.17, 15) is 10.1 Å². The molecule has 0 aliphatic rings. The molecule has 0 unspecified atom stereocenters. The first-order valence-corrected chi connectivity index (χ1v) is 4.00. The fourth-order valence-electron chi connectivity index (χ4n) is 1.42. The van der Waals surface area contributed by atoms with Gasteiger partial charge in [0.25, 0.3) is 5.69 Å². The summed E-state index contributed by atoms with van der Waals surface area (Å²) >= 11 is 0. The van der Waals surface area contributed by atoms with E-state index in [1.807, 2.05) is 6.92 Å². The molecule has 0 radical (unpaired) electrons. The summed E-state index contributed by atoms with van der Waals surface area (Å²) in [6.07, 6.45) is 0. The van der Waals surface area contributed by atoms with Gasteiger partial charge in [-0.25, -0.2) is 0 Å². The highest BCUT2D eigenvalue weighted by atomic mass is 16.6. The summed E-state index contributed by atoms with van der Waals surface area (Å²) in [5, 5.41) is 13.5. The maximum absolute atomic E-state index is 10.6. The van der Waals surface area contributed by atoms with Crippen molar-refractivity contribution in [3.05, 3.63) is 33.4 Å². The number of aryl methyl sites for hydroxylation is 1. The van der Waals surface area contributed by atoms with E-state index in [2.05, 4.69) is 5.32 Å². The van der Waals surface area contributed by atoms with Gasteiger partial charge < -0.3 is 5.32 Å². The SMILES string of the molecule is CNc1c(C)ccc([N+](=O)[O-])c1C. The maximum atomic E-state index is 10.6. The van der Waals surface area contributed by atoms with Gasteiger partial charge in [0, 0.05) is 18.8 Å². The molecule has 70 valence electrons. The highest BCUT2D eigenvalue weighted by Gasteiger charge is 2.14. The van der Waals surface area contributed by atoms with E-state index in [1.165, 1.54) is 6.07 Å². The number of nitro benzene ring substituents is 1. The lowest BCUT2D eigenvalue weighted by molar-refractivity contribution is -0.385. The summed E-state index contributed by atoms with van der Waals surface area (Å²) in [6, 6.07) is 3.28. The Morgan fingerprint density at radius 1 is 1.38 bits per heavy atom. The van der Waals surface area contributed by atoms with Crippen molar-refractivity contribution in [1.82, 2.24) is 0 Å². The lowest BCUT2D eigenvalue weighted by Gasteiger charge is -2.08. The van der Waals surface area contributed by atoms with E-state index in [1.54, 1.807) is 20.0 Å². The third-order valence-corrected chi connectivity index (χ3v) is 2.09. The van der Waals surface area contributed by atoms with Crippen LogP contribution in [0, 0.1) is 24.0 Å². The largest absolute Gasteiger partial charge is 0.387 e. The molecular weight excluding hydrogens is 168 g/mol. The first-order chi connectivity index (χ1) is 6.07. The predicted molar refractivity (Wildman–Crippen MR) is 52.1 cm³/mol. The predicted octanol–water partition coefficient (Wildman–Crippen LogP) is 2.25. The third kappa shape index (κ3) is 1.61. The Hall–Kier alpha value is -1.58. The van der Waals surface area contributed by atoms with Gasteiger partial charge in [0.2, 0.25) is 0 Å². The second kappa shape index (κ2) is 3.43. The van der Waals surface area contributed by atoms with Crippen LogP contribution in [0.3, 0.4) is 0 Å². The van der Waals surface area contributed by atoms with Gasteiger partial charge in [0.05, 0.1) is 10.5 Å². The molecule has 1 aromatic rings.